The van der Waals surface area contributed by atoms with Gasteiger partial charge in [0, 0.05) is 22.2 Å². The van der Waals surface area contributed by atoms with E-state index < -0.39 is 0 Å². The van der Waals surface area contributed by atoms with Gasteiger partial charge in [0.15, 0.2) is 0 Å². The summed E-state index contributed by atoms with van der Waals surface area (Å²) in [5, 5.41) is 2.53. The Balaban J connectivity index is 0.000000218. The van der Waals surface area contributed by atoms with E-state index in [1.54, 1.807) is 32.4 Å². The maximum atomic E-state index is 10.1. The van der Waals surface area contributed by atoms with Gasteiger partial charge in [-0.25, -0.2) is 0 Å². The van der Waals surface area contributed by atoms with E-state index in [-0.39, 0.29) is 0 Å². The monoisotopic (exact) mass is 502 g/mol. The van der Waals surface area contributed by atoms with Gasteiger partial charge in [0.05, 0.1) is 25.6 Å². The number of carbonyl (C=O) groups is 1. The van der Waals surface area contributed by atoms with Crippen molar-refractivity contribution in [3.8, 4) is 11.5 Å². The maximum absolute atomic E-state index is 10.1. The topological polar surface area (TPSA) is 82.8 Å². The number of halogens is 2. The molecule has 3 N–H and O–H groups in total. The van der Waals surface area contributed by atoms with Crippen molar-refractivity contribution >= 4 is 49.6 Å². The van der Waals surface area contributed by atoms with E-state index in [0.717, 1.165) is 22.2 Å². The second-order valence-electron chi connectivity index (χ2n) is 5.31. The molecule has 0 atom stereocenters. The van der Waals surface area contributed by atoms with Crippen LogP contribution < -0.4 is 20.5 Å². The number of ether oxygens (including phenoxy) is 3. The Kier molecular flexibility index (Phi) is 11.6. The molecular formula is C19H24Br2N2O4. The molecule has 0 spiro atoms. The maximum Gasteiger partial charge on any atom is 0.211 e. The summed E-state index contributed by atoms with van der Waals surface area (Å²) in [6.45, 7) is 2.00. The fraction of sp³-hybridized carbons (Fsp3) is 0.316. The number of methoxy groups -OCH3 is 2. The Morgan fingerprint density at radius 2 is 1.56 bits per heavy atom. The predicted octanol–water partition coefficient (Wildman–Crippen LogP) is 4.86. The van der Waals surface area contributed by atoms with Crippen LogP contribution in [0.5, 0.6) is 11.5 Å². The van der Waals surface area contributed by atoms with Crippen molar-refractivity contribution in [2.24, 2.45) is 0 Å². The highest BCUT2D eigenvalue weighted by Gasteiger charge is 2.01. The molecule has 0 saturated carbocycles. The number of nitrogens with two attached hydrogens (primary N) is 1. The Morgan fingerprint density at radius 1 is 1.00 bits per heavy atom. The standard InChI is InChI=1S/C8H8BrNO2.C7H8BrNO.C4H8O/c1-12-8-4-6(9)2-3-7(8)10-5-11;1-10-7-4-5(8)2-3-6(7)9;1-2-4-5-3-1/h2-5H,1H3,(H,10,11);2-4H,9H2,1H3;1-4H2. The van der Waals surface area contributed by atoms with Crippen molar-refractivity contribution in [1.82, 2.24) is 0 Å². The molecule has 1 fully saturated rings. The van der Waals surface area contributed by atoms with E-state index in [1.165, 1.54) is 12.8 Å². The molecule has 27 heavy (non-hydrogen) atoms. The zero-order valence-electron chi connectivity index (χ0n) is 15.3. The first-order valence-corrected chi connectivity index (χ1v) is 9.81. The largest absolute Gasteiger partial charge is 0.495 e. The Labute approximate surface area is 176 Å². The second kappa shape index (κ2) is 13.4. The first-order valence-electron chi connectivity index (χ1n) is 8.22. The van der Waals surface area contributed by atoms with E-state index in [0.29, 0.717) is 29.3 Å². The van der Waals surface area contributed by atoms with E-state index in [4.69, 9.17) is 19.9 Å². The molecule has 148 valence electrons. The van der Waals surface area contributed by atoms with E-state index in [1.807, 2.05) is 18.2 Å². The van der Waals surface area contributed by atoms with Gasteiger partial charge < -0.3 is 25.3 Å². The number of rotatable bonds is 4. The van der Waals surface area contributed by atoms with Crippen LogP contribution in [-0.4, -0.2) is 33.8 Å². The lowest BCUT2D eigenvalue weighted by molar-refractivity contribution is -0.105. The van der Waals surface area contributed by atoms with E-state index >= 15 is 0 Å². The molecule has 0 aliphatic carbocycles. The number of hydrogen-bond donors (Lipinski definition) is 2. The van der Waals surface area contributed by atoms with Crippen molar-refractivity contribution in [3.05, 3.63) is 45.3 Å². The molecule has 2 aromatic carbocycles. The molecule has 0 bridgehead atoms. The Morgan fingerprint density at radius 3 is 2.00 bits per heavy atom. The Hall–Kier alpha value is -1.77. The zero-order chi connectivity index (χ0) is 20.1. The summed E-state index contributed by atoms with van der Waals surface area (Å²) in [6, 6.07) is 10.9. The molecular weight excluding hydrogens is 480 g/mol. The quantitative estimate of drug-likeness (QED) is 0.459. The van der Waals surface area contributed by atoms with Crippen LogP contribution in [0, 0.1) is 0 Å². The molecule has 2 aromatic rings. The van der Waals surface area contributed by atoms with Crippen molar-refractivity contribution in [2.45, 2.75) is 12.8 Å². The highest BCUT2D eigenvalue weighted by Crippen LogP contribution is 2.27. The molecule has 1 heterocycles. The van der Waals surface area contributed by atoms with Crippen molar-refractivity contribution < 1.29 is 19.0 Å². The van der Waals surface area contributed by atoms with Gasteiger partial charge in [-0.1, -0.05) is 31.9 Å². The molecule has 1 aliphatic heterocycles. The Bertz CT molecular complexity index is 702. The smallest absolute Gasteiger partial charge is 0.211 e. The van der Waals surface area contributed by atoms with Gasteiger partial charge >= 0.3 is 0 Å². The number of anilines is 2. The fourth-order valence-corrected chi connectivity index (χ4v) is 2.72. The van der Waals surface area contributed by atoms with Gasteiger partial charge in [-0.3, -0.25) is 4.79 Å². The van der Waals surface area contributed by atoms with Gasteiger partial charge in [0.1, 0.15) is 11.5 Å². The van der Waals surface area contributed by atoms with Crippen LogP contribution in [0.15, 0.2) is 45.3 Å². The lowest BCUT2D eigenvalue weighted by Gasteiger charge is -2.06. The number of carbonyl (C=O) groups excluding carboxylic acids is 1. The number of nitrogens with one attached hydrogen (secondary N) is 1. The van der Waals surface area contributed by atoms with Crippen LogP contribution in [-0.2, 0) is 9.53 Å². The predicted molar refractivity (Wildman–Crippen MR) is 116 cm³/mol. The minimum absolute atomic E-state index is 0.617. The third-order valence-electron chi connectivity index (χ3n) is 3.40. The molecule has 6 nitrogen and oxygen atoms in total. The molecule has 1 saturated heterocycles. The fourth-order valence-electron chi connectivity index (χ4n) is 2.04. The third kappa shape index (κ3) is 9.12. The lowest BCUT2D eigenvalue weighted by Crippen LogP contribution is -1.96. The molecule has 0 unspecified atom stereocenters. The summed E-state index contributed by atoms with van der Waals surface area (Å²) < 4.78 is 16.8. The van der Waals surface area contributed by atoms with Crippen molar-refractivity contribution in [2.75, 3.05) is 38.5 Å². The van der Waals surface area contributed by atoms with E-state index in [9.17, 15) is 4.79 Å². The van der Waals surface area contributed by atoms with E-state index in [2.05, 4.69) is 37.2 Å². The van der Waals surface area contributed by atoms with Crippen LogP contribution in [0.2, 0.25) is 0 Å². The molecule has 3 rings (SSSR count). The van der Waals surface area contributed by atoms with Crippen LogP contribution in [0.3, 0.4) is 0 Å². The van der Waals surface area contributed by atoms with Crippen LogP contribution in [0.1, 0.15) is 12.8 Å². The van der Waals surface area contributed by atoms with Gasteiger partial charge in [-0.05, 0) is 49.2 Å². The number of amides is 1. The first-order chi connectivity index (χ1) is 13.0. The van der Waals surface area contributed by atoms with Gasteiger partial charge in [-0.2, -0.15) is 0 Å². The molecule has 1 aliphatic rings. The van der Waals surface area contributed by atoms with Gasteiger partial charge in [0.25, 0.3) is 0 Å². The summed E-state index contributed by atoms with van der Waals surface area (Å²) in [7, 11) is 3.15. The summed E-state index contributed by atoms with van der Waals surface area (Å²) >= 11 is 6.59. The average molecular weight is 504 g/mol. The summed E-state index contributed by atoms with van der Waals surface area (Å²) in [6.07, 6.45) is 3.17. The number of nitrogen functional groups attached to an aromatic ring is 1. The molecule has 8 heteroatoms. The highest BCUT2D eigenvalue weighted by atomic mass is 79.9. The van der Waals surface area contributed by atoms with Crippen molar-refractivity contribution in [3.63, 3.8) is 0 Å². The van der Waals surface area contributed by atoms with Gasteiger partial charge in [0.2, 0.25) is 6.41 Å². The van der Waals surface area contributed by atoms with Crippen LogP contribution in [0.4, 0.5) is 11.4 Å². The first kappa shape index (κ1) is 23.3. The van der Waals surface area contributed by atoms with Crippen LogP contribution >= 0.6 is 31.9 Å². The van der Waals surface area contributed by atoms with Crippen molar-refractivity contribution in [1.29, 1.82) is 0 Å². The summed E-state index contributed by atoms with van der Waals surface area (Å²) in [4.78, 5) is 10.1. The minimum atomic E-state index is 0.617. The average Bonchev–Trinajstić information content (AvgIpc) is 3.26. The summed E-state index contributed by atoms with van der Waals surface area (Å²) in [5.41, 5.74) is 6.87. The zero-order valence-corrected chi connectivity index (χ0v) is 18.5. The number of benzene rings is 2. The highest BCUT2D eigenvalue weighted by molar-refractivity contribution is 9.10. The molecule has 0 radical (unpaired) electrons. The lowest BCUT2D eigenvalue weighted by atomic mass is 10.3. The SMILES string of the molecule is C1CCOC1.COc1cc(Br)ccc1N.COc1cc(Br)ccc1NC=O. The third-order valence-corrected chi connectivity index (χ3v) is 4.39. The van der Waals surface area contributed by atoms with Gasteiger partial charge in [-0.15, -0.1) is 0 Å². The minimum Gasteiger partial charge on any atom is -0.495 e. The number of hydrogen-bond acceptors (Lipinski definition) is 5. The molecule has 1 amide bonds. The van der Waals surface area contributed by atoms with Crippen LogP contribution in [0.25, 0.3) is 0 Å². The normalized spacial score (nSPS) is 12.0. The molecule has 0 aromatic heterocycles. The summed E-state index contributed by atoms with van der Waals surface area (Å²) in [5.74, 6) is 1.34. The second-order valence-corrected chi connectivity index (χ2v) is 7.14.